The zero-order valence-corrected chi connectivity index (χ0v) is 18.2. The molecule has 1 fully saturated rings. The number of amides is 2. The number of hydrogen-bond acceptors (Lipinski definition) is 7. The van der Waals surface area contributed by atoms with Crippen LogP contribution in [0.4, 0.5) is 25.8 Å². The summed E-state index contributed by atoms with van der Waals surface area (Å²) in [7, 11) is 0. The summed E-state index contributed by atoms with van der Waals surface area (Å²) in [6, 6.07) is 8.23. The van der Waals surface area contributed by atoms with E-state index in [0.29, 0.717) is 44.1 Å². The number of nitrogens with one attached hydrogen (secondary N) is 3. The highest BCUT2D eigenvalue weighted by Crippen LogP contribution is 2.28. The van der Waals surface area contributed by atoms with E-state index in [1.54, 1.807) is 30.3 Å². The number of anilines is 3. The second-order valence-electron chi connectivity index (χ2n) is 6.93. The molecule has 0 spiro atoms. The lowest BCUT2D eigenvalue weighted by molar-refractivity contribution is 0.0388. The predicted octanol–water partition coefficient (Wildman–Crippen LogP) is 4.01. The minimum absolute atomic E-state index is 0.306. The summed E-state index contributed by atoms with van der Waals surface area (Å²) in [5, 5.41) is 9.63. The van der Waals surface area contributed by atoms with Crippen molar-refractivity contribution in [1.82, 2.24) is 20.2 Å². The SMILES string of the molecule is O=C(NCCN1CCOCC1)Nc1nc2ccc(Nc3ccc(Cl)cc3CF)nc2s1. The van der Waals surface area contributed by atoms with E-state index in [1.165, 1.54) is 11.3 Å². The summed E-state index contributed by atoms with van der Waals surface area (Å²) >= 11 is 7.20. The van der Waals surface area contributed by atoms with E-state index >= 15 is 0 Å². The van der Waals surface area contributed by atoms with Crippen molar-refractivity contribution in [3.05, 3.63) is 40.9 Å². The summed E-state index contributed by atoms with van der Waals surface area (Å²) in [6.07, 6.45) is 0. The van der Waals surface area contributed by atoms with Crippen molar-refractivity contribution in [1.29, 1.82) is 0 Å². The zero-order chi connectivity index (χ0) is 21.6. The van der Waals surface area contributed by atoms with Gasteiger partial charge < -0.3 is 15.4 Å². The zero-order valence-electron chi connectivity index (χ0n) is 16.7. The van der Waals surface area contributed by atoms with Gasteiger partial charge in [-0.2, -0.15) is 0 Å². The molecule has 31 heavy (non-hydrogen) atoms. The van der Waals surface area contributed by atoms with Crippen LogP contribution in [0.5, 0.6) is 0 Å². The first-order valence-corrected chi connectivity index (χ1v) is 11.0. The maximum atomic E-state index is 13.3. The van der Waals surface area contributed by atoms with E-state index in [1.807, 2.05) is 0 Å². The lowest BCUT2D eigenvalue weighted by Gasteiger charge is -2.26. The summed E-state index contributed by atoms with van der Waals surface area (Å²) in [5.74, 6) is 0.551. The molecule has 8 nitrogen and oxygen atoms in total. The second-order valence-corrected chi connectivity index (χ2v) is 8.35. The number of hydrogen-bond donors (Lipinski definition) is 3. The number of nitrogens with zero attached hydrogens (tertiary/aromatic N) is 3. The number of fused-ring (bicyclic) bond motifs is 1. The number of thiazole rings is 1. The average Bonchev–Trinajstić information content (AvgIpc) is 3.17. The van der Waals surface area contributed by atoms with Gasteiger partial charge in [0.25, 0.3) is 0 Å². The molecule has 11 heteroatoms. The van der Waals surface area contributed by atoms with Crippen LogP contribution >= 0.6 is 22.9 Å². The number of benzene rings is 1. The highest BCUT2D eigenvalue weighted by molar-refractivity contribution is 7.22. The van der Waals surface area contributed by atoms with Gasteiger partial charge in [-0.3, -0.25) is 10.2 Å². The van der Waals surface area contributed by atoms with Gasteiger partial charge in [-0.05, 0) is 30.3 Å². The first kappa shape index (κ1) is 21.7. The van der Waals surface area contributed by atoms with Gasteiger partial charge in [0.2, 0.25) is 0 Å². The molecule has 3 N–H and O–H groups in total. The van der Waals surface area contributed by atoms with E-state index in [0.717, 1.165) is 32.8 Å². The molecule has 1 aliphatic rings. The van der Waals surface area contributed by atoms with Crippen LogP contribution in [0.3, 0.4) is 0 Å². The average molecular weight is 465 g/mol. The fourth-order valence-corrected chi connectivity index (χ4v) is 4.19. The van der Waals surface area contributed by atoms with Gasteiger partial charge in [0, 0.05) is 42.5 Å². The first-order valence-electron chi connectivity index (χ1n) is 9.84. The molecule has 0 saturated carbocycles. The third-order valence-corrected chi connectivity index (χ3v) is 5.88. The van der Waals surface area contributed by atoms with Crippen molar-refractivity contribution >= 4 is 56.0 Å². The van der Waals surface area contributed by atoms with Crippen LogP contribution in [-0.2, 0) is 11.4 Å². The Balaban J connectivity index is 1.35. The van der Waals surface area contributed by atoms with E-state index in [4.69, 9.17) is 16.3 Å². The highest BCUT2D eigenvalue weighted by Gasteiger charge is 2.12. The Bertz CT molecular complexity index is 1060. The number of carbonyl (C=O) groups is 1. The normalized spacial score (nSPS) is 14.5. The van der Waals surface area contributed by atoms with Crippen LogP contribution in [-0.4, -0.2) is 60.3 Å². The minimum atomic E-state index is -0.638. The molecule has 1 aliphatic heterocycles. The smallest absolute Gasteiger partial charge is 0.321 e. The van der Waals surface area contributed by atoms with Crippen molar-refractivity contribution in [2.24, 2.45) is 0 Å². The molecule has 0 radical (unpaired) electrons. The minimum Gasteiger partial charge on any atom is -0.379 e. The lowest BCUT2D eigenvalue weighted by Crippen LogP contribution is -2.42. The van der Waals surface area contributed by atoms with E-state index in [-0.39, 0.29) is 6.03 Å². The molecule has 0 unspecified atom stereocenters. The number of halogens is 2. The topological polar surface area (TPSA) is 91.4 Å². The molecule has 2 amide bonds. The molecule has 2 aromatic heterocycles. The van der Waals surface area contributed by atoms with Gasteiger partial charge in [-0.1, -0.05) is 22.9 Å². The highest BCUT2D eigenvalue weighted by atomic mass is 35.5. The molecule has 4 rings (SSSR count). The first-order chi connectivity index (χ1) is 15.1. The molecule has 3 heterocycles. The summed E-state index contributed by atoms with van der Waals surface area (Å²) < 4.78 is 18.6. The number of morpholine rings is 1. The van der Waals surface area contributed by atoms with Gasteiger partial charge in [-0.15, -0.1) is 0 Å². The molecular formula is C20H22ClFN6O2S. The molecule has 1 saturated heterocycles. The summed E-state index contributed by atoms with van der Waals surface area (Å²) in [4.78, 5) is 24.0. The number of pyridine rings is 1. The Morgan fingerprint density at radius 1 is 1.23 bits per heavy atom. The van der Waals surface area contributed by atoms with Crippen molar-refractivity contribution < 1.29 is 13.9 Å². The quantitative estimate of drug-likeness (QED) is 0.489. The largest absolute Gasteiger partial charge is 0.379 e. The predicted molar refractivity (Wildman–Crippen MR) is 121 cm³/mol. The fraction of sp³-hybridized carbons (Fsp3) is 0.350. The third-order valence-electron chi connectivity index (χ3n) is 4.77. The van der Waals surface area contributed by atoms with Crippen molar-refractivity contribution in [2.45, 2.75) is 6.67 Å². The Labute approximate surface area is 187 Å². The van der Waals surface area contributed by atoms with Crippen LogP contribution in [0.25, 0.3) is 10.3 Å². The monoisotopic (exact) mass is 464 g/mol. The van der Waals surface area contributed by atoms with E-state index < -0.39 is 6.67 Å². The Morgan fingerprint density at radius 2 is 2.06 bits per heavy atom. The lowest BCUT2D eigenvalue weighted by atomic mass is 10.2. The molecule has 164 valence electrons. The summed E-state index contributed by atoms with van der Waals surface area (Å²) in [6.45, 7) is 3.90. The van der Waals surface area contributed by atoms with E-state index in [9.17, 15) is 9.18 Å². The molecule has 0 atom stereocenters. The number of aromatic nitrogens is 2. The number of urea groups is 1. The Morgan fingerprint density at radius 3 is 2.87 bits per heavy atom. The van der Waals surface area contributed by atoms with Gasteiger partial charge in [0.15, 0.2) is 5.13 Å². The molecule has 0 aliphatic carbocycles. The maximum Gasteiger partial charge on any atom is 0.321 e. The van der Waals surface area contributed by atoms with Gasteiger partial charge in [0.1, 0.15) is 22.8 Å². The standard InChI is InChI=1S/C20H22ClFN6O2S/c21-14-1-2-15(13(11-14)12-22)24-17-4-3-16-18(26-17)31-20(25-16)27-19(29)23-5-6-28-7-9-30-10-8-28/h1-4,11H,5-10,12H2,(H,24,26)(H2,23,25,27,29). The van der Waals surface area contributed by atoms with Crippen LogP contribution in [0, 0.1) is 0 Å². The number of carbonyl (C=O) groups excluding carboxylic acids is 1. The van der Waals surface area contributed by atoms with Crippen LogP contribution in [0.1, 0.15) is 5.56 Å². The molecule has 1 aromatic carbocycles. The maximum absolute atomic E-state index is 13.3. The van der Waals surface area contributed by atoms with Crippen molar-refractivity contribution in [3.8, 4) is 0 Å². The summed E-state index contributed by atoms with van der Waals surface area (Å²) in [5.41, 5.74) is 1.72. The van der Waals surface area contributed by atoms with Crippen LogP contribution < -0.4 is 16.0 Å². The Hall–Kier alpha value is -2.53. The van der Waals surface area contributed by atoms with Crippen LogP contribution in [0.2, 0.25) is 5.02 Å². The number of ether oxygens (including phenoxy) is 1. The Kier molecular flexibility index (Phi) is 7.13. The number of alkyl halides is 1. The molecular weight excluding hydrogens is 443 g/mol. The van der Waals surface area contributed by atoms with Gasteiger partial charge >= 0.3 is 6.03 Å². The van der Waals surface area contributed by atoms with Crippen molar-refractivity contribution in [3.63, 3.8) is 0 Å². The van der Waals surface area contributed by atoms with E-state index in [2.05, 4.69) is 30.8 Å². The van der Waals surface area contributed by atoms with Gasteiger partial charge in [0.05, 0.1) is 13.2 Å². The number of rotatable bonds is 7. The molecule has 0 bridgehead atoms. The van der Waals surface area contributed by atoms with Crippen molar-refractivity contribution in [2.75, 3.05) is 50.0 Å². The second kappa shape index (κ2) is 10.2. The molecule has 3 aromatic rings. The van der Waals surface area contributed by atoms with Gasteiger partial charge in [-0.25, -0.2) is 19.2 Å². The fourth-order valence-electron chi connectivity index (χ4n) is 3.17. The third kappa shape index (κ3) is 5.79. The van der Waals surface area contributed by atoms with Crippen LogP contribution in [0.15, 0.2) is 30.3 Å².